The third-order valence-corrected chi connectivity index (χ3v) is 5.07. The molecule has 0 saturated carbocycles. The third-order valence-electron chi connectivity index (χ3n) is 4.74. The molecule has 1 aromatic heterocycles. The molecule has 4 rings (SSSR count). The van der Waals surface area contributed by atoms with E-state index in [2.05, 4.69) is 15.2 Å². The van der Waals surface area contributed by atoms with E-state index in [1.54, 1.807) is 12.3 Å². The fourth-order valence-corrected chi connectivity index (χ4v) is 3.92. The summed E-state index contributed by atoms with van der Waals surface area (Å²) in [5, 5.41) is 5.60. The predicted octanol–water partition coefficient (Wildman–Crippen LogP) is 2.71. The lowest BCUT2D eigenvalue weighted by Crippen LogP contribution is -2.47. The number of carbonyl (C=O) groups excluding carboxylic acids is 1. The lowest BCUT2D eigenvalue weighted by atomic mass is 9.97. The van der Waals surface area contributed by atoms with Gasteiger partial charge in [-0.05, 0) is 37.4 Å². The van der Waals surface area contributed by atoms with Crippen LogP contribution in [-0.2, 0) is 0 Å². The van der Waals surface area contributed by atoms with E-state index in [4.69, 9.17) is 11.6 Å². The monoisotopic (exact) mass is 315 g/mol. The summed E-state index contributed by atoms with van der Waals surface area (Å²) in [5.41, 5.74) is 0.438. The van der Waals surface area contributed by atoms with E-state index < -0.39 is 0 Å². The number of fused-ring (bicyclic) bond motifs is 3. The SMILES string of the molecule is O=C(N[C@@H]1C[C@H]2CCN(C2)C1)c1cc2c(Cl)cccc2cn1. The number of nitrogens with one attached hydrogen (secondary N) is 1. The lowest BCUT2D eigenvalue weighted by Gasteiger charge is -2.30. The van der Waals surface area contributed by atoms with E-state index in [0.717, 1.165) is 29.7 Å². The van der Waals surface area contributed by atoms with Gasteiger partial charge in [-0.15, -0.1) is 0 Å². The van der Waals surface area contributed by atoms with Crippen molar-refractivity contribution in [1.82, 2.24) is 15.2 Å². The number of hydrogen-bond donors (Lipinski definition) is 1. The van der Waals surface area contributed by atoms with Crippen molar-refractivity contribution < 1.29 is 4.79 Å². The molecule has 1 aromatic carbocycles. The fraction of sp³-hybridized carbons (Fsp3) is 0.412. The van der Waals surface area contributed by atoms with Gasteiger partial charge in [-0.2, -0.15) is 0 Å². The van der Waals surface area contributed by atoms with Gasteiger partial charge in [0.15, 0.2) is 0 Å². The lowest BCUT2D eigenvalue weighted by molar-refractivity contribution is 0.0904. The minimum absolute atomic E-state index is 0.102. The molecule has 22 heavy (non-hydrogen) atoms. The smallest absolute Gasteiger partial charge is 0.270 e. The summed E-state index contributed by atoms with van der Waals surface area (Å²) < 4.78 is 0. The van der Waals surface area contributed by atoms with Crippen LogP contribution in [0.15, 0.2) is 30.5 Å². The number of pyridine rings is 1. The van der Waals surface area contributed by atoms with Gasteiger partial charge >= 0.3 is 0 Å². The molecule has 1 amide bonds. The number of aromatic nitrogens is 1. The third kappa shape index (κ3) is 2.57. The molecule has 3 atom stereocenters. The first-order chi connectivity index (χ1) is 10.7. The van der Waals surface area contributed by atoms with Gasteiger partial charge in [-0.3, -0.25) is 9.78 Å². The van der Waals surface area contributed by atoms with Crippen LogP contribution in [0.5, 0.6) is 0 Å². The summed E-state index contributed by atoms with van der Waals surface area (Å²) in [7, 11) is 0. The van der Waals surface area contributed by atoms with Crippen LogP contribution in [0, 0.1) is 5.92 Å². The van der Waals surface area contributed by atoms with E-state index in [-0.39, 0.29) is 11.9 Å². The molecule has 2 saturated heterocycles. The van der Waals surface area contributed by atoms with E-state index >= 15 is 0 Å². The van der Waals surface area contributed by atoms with E-state index in [1.165, 1.54) is 19.5 Å². The fourth-order valence-electron chi connectivity index (χ4n) is 3.68. The number of benzene rings is 1. The number of amides is 1. The summed E-state index contributed by atoms with van der Waals surface area (Å²) in [5.74, 6) is 0.632. The zero-order valence-corrected chi connectivity index (χ0v) is 13.0. The van der Waals surface area contributed by atoms with Crippen molar-refractivity contribution in [1.29, 1.82) is 0 Å². The Bertz CT molecular complexity index is 721. The minimum Gasteiger partial charge on any atom is -0.347 e. The van der Waals surface area contributed by atoms with E-state index in [9.17, 15) is 4.79 Å². The molecule has 2 fully saturated rings. The van der Waals surface area contributed by atoms with Crippen molar-refractivity contribution in [3.05, 3.63) is 41.2 Å². The molecule has 3 heterocycles. The maximum Gasteiger partial charge on any atom is 0.270 e. The van der Waals surface area contributed by atoms with Crippen LogP contribution >= 0.6 is 11.6 Å². The summed E-state index contributed by atoms with van der Waals surface area (Å²) >= 11 is 6.21. The first kappa shape index (κ1) is 14.0. The molecule has 5 heteroatoms. The van der Waals surface area contributed by atoms with Gasteiger partial charge in [0.25, 0.3) is 5.91 Å². The van der Waals surface area contributed by atoms with Crippen LogP contribution in [-0.4, -0.2) is 41.5 Å². The Morgan fingerprint density at radius 2 is 2.27 bits per heavy atom. The number of rotatable bonds is 2. The quantitative estimate of drug-likeness (QED) is 0.927. The van der Waals surface area contributed by atoms with Gasteiger partial charge in [-0.25, -0.2) is 0 Å². The van der Waals surface area contributed by atoms with Gasteiger partial charge < -0.3 is 10.2 Å². The van der Waals surface area contributed by atoms with Crippen LogP contribution in [0.2, 0.25) is 5.02 Å². The molecule has 0 radical (unpaired) electrons. The van der Waals surface area contributed by atoms with Gasteiger partial charge in [0.05, 0.1) is 0 Å². The van der Waals surface area contributed by atoms with Crippen LogP contribution in [0.1, 0.15) is 23.3 Å². The Morgan fingerprint density at radius 1 is 1.36 bits per heavy atom. The Balaban J connectivity index is 1.54. The zero-order valence-electron chi connectivity index (χ0n) is 12.3. The summed E-state index contributed by atoms with van der Waals surface area (Å²) in [6, 6.07) is 7.68. The number of carbonyl (C=O) groups is 1. The number of halogens is 1. The second kappa shape index (κ2) is 5.52. The minimum atomic E-state index is -0.102. The maximum atomic E-state index is 12.5. The van der Waals surface area contributed by atoms with E-state index in [0.29, 0.717) is 10.7 Å². The standard InChI is InChI=1S/C17H18ClN3O/c18-15-3-1-2-12-8-19-16(7-14(12)15)17(22)20-13-6-11-4-5-21(9-11)10-13/h1-3,7-8,11,13H,4-6,9-10H2,(H,20,22)/t11-,13-/m1/s1. The molecule has 2 aliphatic rings. The van der Waals surface area contributed by atoms with Crippen molar-refractivity contribution in [2.24, 2.45) is 5.92 Å². The molecule has 0 spiro atoms. The molecule has 114 valence electrons. The molecular weight excluding hydrogens is 298 g/mol. The number of piperidine rings is 1. The molecule has 2 bridgehead atoms. The largest absolute Gasteiger partial charge is 0.347 e. The number of hydrogen-bond acceptors (Lipinski definition) is 3. The summed E-state index contributed by atoms with van der Waals surface area (Å²) in [6.07, 6.45) is 4.05. The topological polar surface area (TPSA) is 45.2 Å². The van der Waals surface area contributed by atoms with Crippen molar-refractivity contribution >= 4 is 28.3 Å². The predicted molar refractivity (Wildman–Crippen MR) is 87.2 cm³/mol. The van der Waals surface area contributed by atoms with Crippen molar-refractivity contribution in [2.45, 2.75) is 18.9 Å². The number of nitrogens with zero attached hydrogens (tertiary/aromatic N) is 2. The van der Waals surface area contributed by atoms with Crippen LogP contribution < -0.4 is 5.32 Å². The highest BCUT2D eigenvalue weighted by Crippen LogP contribution is 2.27. The highest BCUT2D eigenvalue weighted by molar-refractivity contribution is 6.35. The summed E-state index contributed by atoms with van der Waals surface area (Å²) in [6.45, 7) is 3.31. The Labute approximate surface area is 134 Å². The van der Waals surface area contributed by atoms with Crippen LogP contribution in [0.3, 0.4) is 0 Å². The zero-order chi connectivity index (χ0) is 15.1. The normalized spacial score (nSPS) is 27.0. The molecular formula is C17H18ClN3O. The molecule has 2 aromatic rings. The first-order valence-corrected chi connectivity index (χ1v) is 8.14. The van der Waals surface area contributed by atoms with Gasteiger partial charge in [0, 0.05) is 41.1 Å². The van der Waals surface area contributed by atoms with Crippen molar-refractivity contribution in [3.63, 3.8) is 0 Å². The van der Waals surface area contributed by atoms with Gasteiger partial charge in [0.1, 0.15) is 5.69 Å². The van der Waals surface area contributed by atoms with Crippen molar-refractivity contribution in [3.8, 4) is 0 Å². The van der Waals surface area contributed by atoms with Crippen LogP contribution in [0.4, 0.5) is 0 Å². The van der Waals surface area contributed by atoms with Gasteiger partial charge in [0.2, 0.25) is 0 Å². The molecule has 1 N–H and O–H groups in total. The molecule has 4 nitrogen and oxygen atoms in total. The Kier molecular flexibility index (Phi) is 3.51. The highest BCUT2D eigenvalue weighted by Gasteiger charge is 2.33. The maximum absolute atomic E-state index is 12.5. The second-order valence-electron chi connectivity index (χ2n) is 6.35. The summed E-state index contributed by atoms with van der Waals surface area (Å²) in [4.78, 5) is 19.2. The average Bonchev–Trinajstić information content (AvgIpc) is 2.86. The van der Waals surface area contributed by atoms with E-state index in [1.807, 2.05) is 18.2 Å². The average molecular weight is 316 g/mol. The Hall–Kier alpha value is -1.65. The van der Waals surface area contributed by atoms with Gasteiger partial charge in [-0.1, -0.05) is 23.7 Å². The Morgan fingerprint density at radius 3 is 3.14 bits per heavy atom. The molecule has 2 aliphatic heterocycles. The first-order valence-electron chi connectivity index (χ1n) is 7.76. The second-order valence-corrected chi connectivity index (χ2v) is 6.76. The van der Waals surface area contributed by atoms with Crippen molar-refractivity contribution in [2.75, 3.05) is 19.6 Å². The van der Waals surface area contributed by atoms with Crippen LogP contribution in [0.25, 0.3) is 10.8 Å². The highest BCUT2D eigenvalue weighted by atomic mass is 35.5. The molecule has 0 aliphatic carbocycles. The molecule has 1 unspecified atom stereocenters.